The molecule has 1 fully saturated rings. The first kappa shape index (κ1) is 14.3. The van der Waals surface area contributed by atoms with Crippen LogP contribution in [-0.2, 0) is 4.79 Å². The highest BCUT2D eigenvalue weighted by atomic mass is 19.1. The number of carboxylic acids is 1. The number of hydrogen-bond acceptors (Lipinski definition) is 2. The lowest BCUT2D eigenvalue weighted by Gasteiger charge is -2.29. The molecule has 1 heterocycles. The van der Waals surface area contributed by atoms with Crippen molar-refractivity contribution in [1.82, 2.24) is 4.90 Å². The lowest BCUT2D eigenvalue weighted by molar-refractivity contribution is -0.141. The summed E-state index contributed by atoms with van der Waals surface area (Å²) in [5.41, 5.74) is 0.438. The summed E-state index contributed by atoms with van der Waals surface area (Å²) in [6.45, 7) is 2.54. The second kappa shape index (κ2) is 5.90. The van der Waals surface area contributed by atoms with E-state index in [0.29, 0.717) is 31.6 Å². The summed E-state index contributed by atoms with van der Waals surface area (Å²) in [6, 6.07) is 4.56. The van der Waals surface area contributed by atoms with Gasteiger partial charge in [-0.2, -0.15) is 0 Å². The molecular weight excluding hydrogens is 263 g/mol. The van der Waals surface area contributed by atoms with E-state index in [4.69, 9.17) is 5.11 Å². The van der Waals surface area contributed by atoms with Crippen LogP contribution in [0.5, 0.6) is 0 Å². The number of amides is 2. The second-order valence-electron chi connectivity index (χ2n) is 4.70. The third-order valence-electron chi connectivity index (χ3n) is 3.45. The molecule has 1 aromatic rings. The Labute approximate surface area is 116 Å². The van der Waals surface area contributed by atoms with Gasteiger partial charge in [-0.15, -0.1) is 0 Å². The molecule has 108 valence electrons. The van der Waals surface area contributed by atoms with Crippen LogP contribution in [0.2, 0.25) is 0 Å². The summed E-state index contributed by atoms with van der Waals surface area (Å²) < 4.78 is 13.3. The monoisotopic (exact) mass is 280 g/mol. The number of nitrogens with zero attached hydrogens (tertiary/aromatic N) is 2. The zero-order chi connectivity index (χ0) is 14.7. The summed E-state index contributed by atoms with van der Waals surface area (Å²) in [6.07, 6.45) is 1.13. The van der Waals surface area contributed by atoms with Crippen LogP contribution in [0.3, 0.4) is 0 Å². The van der Waals surface area contributed by atoms with E-state index in [0.717, 1.165) is 0 Å². The first-order valence-electron chi connectivity index (χ1n) is 6.61. The molecule has 1 saturated heterocycles. The van der Waals surface area contributed by atoms with Crippen molar-refractivity contribution >= 4 is 17.7 Å². The maximum atomic E-state index is 13.3. The predicted molar refractivity (Wildman–Crippen MR) is 72.2 cm³/mol. The fraction of sp³-hybridized carbons (Fsp3) is 0.429. The maximum absolute atomic E-state index is 13.3. The van der Waals surface area contributed by atoms with Crippen molar-refractivity contribution in [2.45, 2.75) is 25.8 Å². The molecule has 0 bridgehead atoms. The van der Waals surface area contributed by atoms with Crippen molar-refractivity contribution < 1.29 is 19.1 Å². The van der Waals surface area contributed by atoms with Crippen LogP contribution in [0.1, 0.15) is 19.8 Å². The van der Waals surface area contributed by atoms with E-state index in [9.17, 15) is 14.0 Å². The van der Waals surface area contributed by atoms with E-state index in [1.54, 1.807) is 13.0 Å². The number of likely N-dealkylation sites (tertiary alicyclic amines) is 1. The Balaban J connectivity index is 2.23. The minimum absolute atomic E-state index is 0.352. The van der Waals surface area contributed by atoms with Gasteiger partial charge in [0.25, 0.3) is 0 Å². The number of carbonyl (C=O) groups is 2. The lowest BCUT2D eigenvalue weighted by atomic mass is 10.2. The summed E-state index contributed by atoms with van der Waals surface area (Å²) >= 11 is 0. The van der Waals surface area contributed by atoms with Crippen LogP contribution in [0, 0.1) is 5.82 Å². The molecule has 0 saturated carbocycles. The molecule has 0 unspecified atom stereocenters. The van der Waals surface area contributed by atoms with Gasteiger partial charge in [-0.1, -0.05) is 6.07 Å². The summed E-state index contributed by atoms with van der Waals surface area (Å²) in [7, 11) is 0. The number of hydrogen-bond donors (Lipinski definition) is 1. The zero-order valence-electron chi connectivity index (χ0n) is 11.3. The van der Waals surface area contributed by atoms with Gasteiger partial charge in [0.1, 0.15) is 11.9 Å². The summed E-state index contributed by atoms with van der Waals surface area (Å²) in [4.78, 5) is 26.4. The van der Waals surface area contributed by atoms with Gasteiger partial charge in [-0.05, 0) is 38.0 Å². The van der Waals surface area contributed by atoms with E-state index in [2.05, 4.69) is 0 Å². The van der Waals surface area contributed by atoms with Gasteiger partial charge in [0.2, 0.25) is 0 Å². The van der Waals surface area contributed by atoms with Crippen molar-refractivity contribution in [3.63, 3.8) is 0 Å². The molecule has 1 aliphatic heterocycles. The van der Waals surface area contributed by atoms with Crippen LogP contribution in [0.25, 0.3) is 0 Å². The van der Waals surface area contributed by atoms with Crippen LogP contribution >= 0.6 is 0 Å². The number of benzene rings is 1. The highest BCUT2D eigenvalue weighted by Gasteiger charge is 2.36. The molecule has 0 aromatic heterocycles. The van der Waals surface area contributed by atoms with E-state index in [-0.39, 0.29) is 6.03 Å². The number of halogens is 1. The summed E-state index contributed by atoms with van der Waals surface area (Å²) in [5.74, 6) is -1.42. The number of anilines is 1. The average molecular weight is 280 g/mol. The van der Waals surface area contributed by atoms with Gasteiger partial charge in [0.15, 0.2) is 0 Å². The first-order valence-corrected chi connectivity index (χ1v) is 6.61. The van der Waals surface area contributed by atoms with Crippen molar-refractivity contribution in [2.24, 2.45) is 0 Å². The highest BCUT2D eigenvalue weighted by molar-refractivity contribution is 5.94. The Bertz CT molecular complexity index is 521. The second-order valence-corrected chi connectivity index (χ2v) is 4.70. The molecule has 20 heavy (non-hydrogen) atoms. The highest BCUT2D eigenvalue weighted by Crippen LogP contribution is 2.23. The minimum Gasteiger partial charge on any atom is -0.480 e. The van der Waals surface area contributed by atoms with Crippen LogP contribution in [0.15, 0.2) is 24.3 Å². The molecule has 1 aromatic carbocycles. The Kier molecular flexibility index (Phi) is 4.22. The number of aliphatic carboxylic acids is 1. The topological polar surface area (TPSA) is 60.9 Å². The van der Waals surface area contributed by atoms with Crippen LogP contribution in [0.4, 0.5) is 14.9 Å². The smallest absolute Gasteiger partial charge is 0.326 e. The Morgan fingerprint density at radius 1 is 1.50 bits per heavy atom. The molecule has 1 N–H and O–H groups in total. The molecule has 0 aliphatic carbocycles. The van der Waals surface area contributed by atoms with Crippen molar-refractivity contribution in [3.8, 4) is 0 Å². The Hall–Kier alpha value is -2.11. The quantitative estimate of drug-likeness (QED) is 0.924. The normalized spacial score (nSPS) is 18.1. The Morgan fingerprint density at radius 3 is 2.85 bits per heavy atom. The van der Waals surface area contributed by atoms with Crippen LogP contribution < -0.4 is 4.90 Å². The van der Waals surface area contributed by atoms with Gasteiger partial charge in [0.05, 0.1) is 0 Å². The van der Waals surface area contributed by atoms with Crippen molar-refractivity contribution in [1.29, 1.82) is 0 Å². The van der Waals surface area contributed by atoms with Crippen molar-refractivity contribution in [3.05, 3.63) is 30.1 Å². The molecule has 6 heteroatoms. The fourth-order valence-corrected chi connectivity index (χ4v) is 2.48. The van der Waals surface area contributed by atoms with E-state index in [1.165, 1.54) is 28.0 Å². The summed E-state index contributed by atoms with van der Waals surface area (Å²) in [5, 5.41) is 9.13. The zero-order valence-corrected chi connectivity index (χ0v) is 11.3. The molecule has 0 spiro atoms. The Morgan fingerprint density at radius 2 is 2.25 bits per heavy atom. The number of carboxylic acid groups (broad SMARTS) is 1. The third-order valence-corrected chi connectivity index (χ3v) is 3.45. The molecule has 2 amide bonds. The number of rotatable bonds is 3. The molecule has 1 aliphatic rings. The maximum Gasteiger partial charge on any atom is 0.326 e. The average Bonchev–Trinajstić information content (AvgIpc) is 2.89. The predicted octanol–water partition coefficient (Wildman–Crippen LogP) is 2.32. The van der Waals surface area contributed by atoms with Gasteiger partial charge in [-0.25, -0.2) is 14.0 Å². The van der Waals surface area contributed by atoms with Gasteiger partial charge in [0, 0.05) is 18.8 Å². The van der Waals surface area contributed by atoms with E-state index >= 15 is 0 Å². The van der Waals surface area contributed by atoms with Gasteiger partial charge in [-0.3, -0.25) is 4.90 Å². The number of urea groups is 1. The lowest BCUT2D eigenvalue weighted by Crippen LogP contribution is -2.48. The third kappa shape index (κ3) is 2.74. The largest absolute Gasteiger partial charge is 0.480 e. The minimum atomic E-state index is -0.994. The standard InChI is InChI=1S/C14H17FN2O3/c1-2-16(11-6-3-5-10(15)9-11)14(20)17-8-4-7-12(17)13(18)19/h3,5-6,9,12H,2,4,7-8H2,1H3,(H,18,19)/t12-/m0/s1. The van der Waals surface area contributed by atoms with Crippen molar-refractivity contribution in [2.75, 3.05) is 18.0 Å². The molecule has 5 nitrogen and oxygen atoms in total. The molecule has 2 rings (SSSR count). The van der Waals surface area contributed by atoms with Gasteiger partial charge < -0.3 is 10.0 Å². The van der Waals surface area contributed by atoms with Crippen LogP contribution in [-0.4, -0.2) is 41.1 Å². The first-order chi connectivity index (χ1) is 9.54. The number of carbonyl (C=O) groups excluding carboxylic acids is 1. The molecule has 0 radical (unpaired) electrons. The van der Waals surface area contributed by atoms with E-state index < -0.39 is 17.8 Å². The van der Waals surface area contributed by atoms with E-state index in [1.807, 2.05) is 0 Å². The van der Waals surface area contributed by atoms with Gasteiger partial charge >= 0.3 is 12.0 Å². The molecule has 1 atom stereocenters. The fourth-order valence-electron chi connectivity index (χ4n) is 2.48. The SMILES string of the molecule is CCN(C(=O)N1CCC[C@H]1C(=O)O)c1cccc(F)c1. The molecular formula is C14H17FN2O3.